The van der Waals surface area contributed by atoms with Crippen molar-refractivity contribution in [1.29, 1.82) is 5.26 Å². The minimum absolute atomic E-state index is 0.101. The summed E-state index contributed by atoms with van der Waals surface area (Å²) in [6, 6.07) is 8.69. The molecule has 6 heteroatoms. The van der Waals surface area contributed by atoms with Gasteiger partial charge in [-0.05, 0) is 49.9 Å². The fraction of sp³-hybridized carbons (Fsp3) is 0.524. The zero-order chi connectivity index (χ0) is 19.3. The van der Waals surface area contributed by atoms with Crippen LogP contribution in [0.15, 0.2) is 24.3 Å². The predicted octanol–water partition coefficient (Wildman–Crippen LogP) is 3.49. The summed E-state index contributed by atoms with van der Waals surface area (Å²) in [7, 11) is 0. The molecule has 142 valence electrons. The summed E-state index contributed by atoms with van der Waals surface area (Å²) in [5.74, 6) is 3.21. The average Bonchev–Trinajstić information content (AvgIpc) is 3.12. The normalized spacial score (nSPS) is 24.0. The van der Waals surface area contributed by atoms with Crippen LogP contribution < -0.4 is 10.1 Å². The molecular weight excluding hydrogens is 362 g/mol. The van der Waals surface area contributed by atoms with Crippen molar-refractivity contribution in [3.05, 3.63) is 29.3 Å². The molecule has 3 rings (SSSR count). The maximum atomic E-state index is 12.8. The summed E-state index contributed by atoms with van der Waals surface area (Å²) in [6.45, 7) is 0.101. The van der Waals surface area contributed by atoms with Gasteiger partial charge >= 0.3 is 0 Å². The maximum absolute atomic E-state index is 12.8. The third kappa shape index (κ3) is 4.56. The van der Waals surface area contributed by atoms with Gasteiger partial charge in [0.25, 0.3) is 0 Å². The lowest BCUT2D eigenvalue weighted by Gasteiger charge is -2.39. The number of nitriles is 1. The molecule has 1 aromatic carbocycles. The van der Waals surface area contributed by atoms with Crippen LogP contribution in [0, 0.1) is 23.7 Å². The first-order valence-corrected chi connectivity index (χ1v) is 9.81. The van der Waals surface area contributed by atoms with E-state index in [-0.39, 0.29) is 18.5 Å². The fourth-order valence-corrected chi connectivity index (χ4v) is 4.07. The Kier molecular flexibility index (Phi) is 6.26. The highest BCUT2D eigenvalue weighted by atomic mass is 35.5. The van der Waals surface area contributed by atoms with Crippen molar-refractivity contribution in [2.45, 2.75) is 62.8 Å². The van der Waals surface area contributed by atoms with Crippen molar-refractivity contribution in [2.75, 3.05) is 6.54 Å². The lowest BCUT2D eigenvalue weighted by molar-refractivity contribution is -0.133. The number of hydrogen-bond acceptors (Lipinski definition) is 4. The van der Waals surface area contributed by atoms with E-state index in [9.17, 15) is 10.1 Å². The van der Waals surface area contributed by atoms with Gasteiger partial charge in [0, 0.05) is 17.9 Å². The van der Waals surface area contributed by atoms with E-state index in [0.29, 0.717) is 17.9 Å². The van der Waals surface area contributed by atoms with E-state index in [1.54, 1.807) is 17.0 Å². The Bertz CT molecular complexity index is 722. The molecule has 1 N–H and O–H groups in total. The molecule has 0 aromatic heterocycles. The van der Waals surface area contributed by atoms with Gasteiger partial charge in [0.2, 0.25) is 5.91 Å². The summed E-state index contributed by atoms with van der Waals surface area (Å²) >= 11 is 5.96. The monoisotopic (exact) mass is 385 g/mol. The van der Waals surface area contributed by atoms with Crippen LogP contribution in [0.4, 0.5) is 0 Å². The van der Waals surface area contributed by atoms with E-state index in [1.807, 2.05) is 12.1 Å². The van der Waals surface area contributed by atoms with Gasteiger partial charge in [-0.15, -0.1) is 6.42 Å². The van der Waals surface area contributed by atoms with Crippen LogP contribution in [0.2, 0.25) is 5.02 Å². The molecule has 1 saturated carbocycles. The highest BCUT2D eigenvalue weighted by Gasteiger charge is 2.39. The molecule has 2 aliphatic rings. The molecule has 1 amide bonds. The van der Waals surface area contributed by atoms with Gasteiger partial charge in [-0.1, -0.05) is 23.9 Å². The van der Waals surface area contributed by atoms with Crippen LogP contribution in [0.5, 0.6) is 5.75 Å². The molecule has 0 spiro atoms. The Balaban J connectivity index is 1.69. The highest BCUT2D eigenvalue weighted by Crippen LogP contribution is 2.32. The zero-order valence-electron chi connectivity index (χ0n) is 15.3. The molecule has 1 aliphatic heterocycles. The third-order valence-corrected chi connectivity index (χ3v) is 5.62. The highest BCUT2D eigenvalue weighted by molar-refractivity contribution is 6.30. The minimum Gasteiger partial charge on any atom is -0.473 e. The first-order chi connectivity index (χ1) is 13.1. The van der Waals surface area contributed by atoms with Crippen LogP contribution in [0.25, 0.3) is 0 Å². The van der Waals surface area contributed by atoms with Crippen molar-refractivity contribution in [2.24, 2.45) is 0 Å². The van der Waals surface area contributed by atoms with E-state index in [0.717, 1.165) is 37.9 Å². The Labute approximate surface area is 165 Å². The lowest BCUT2D eigenvalue weighted by atomic mass is 9.91. The molecule has 5 nitrogen and oxygen atoms in total. The molecule has 1 saturated heterocycles. The van der Waals surface area contributed by atoms with Crippen LogP contribution in [0.1, 0.15) is 44.9 Å². The molecule has 0 radical (unpaired) electrons. The minimum atomic E-state index is -0.588. The Morgan fingerprint density at radius 3 is 2.56 bits per heavy atom. The summed E-state index contributed by atoms with van der Waals surface area (Å²) in [6.07, 6.45) is 11.7. The number of carbonyl (C=O) groups is 1. The smallest absolute Gasteiger partial charge is 0.238 e. The van der Waals surface area contributed by atoms with E-state index in [1.165, 1.54) is 0 Å². The SMILES string of the molecule is C#CC1CCC(C#N)N1C(=O)CNC1(Oc2ccc(Cl)cc2)CCCCC1. The van der Waals surface area contributed by atoms with Crippen LogP contribution in [0.3, 0.4) is 0 Å². The van der Waals surface area contributed by atoms with Gasteiger partial charge in [-0.3, -0.25) is 10.1 Å². The maximum Gasteiger partial charge on any atom is 0.238 e. The molecule has 2 fully saturated rings. The summed E-state index contributed by atoms with van der Waals surface area (Å²) in [5, 5.41) is 13.3. The Hall–Kier alpha value is -2.21. The van der Waals surface area contributed by atoms with Crippen LogP contribution in [-0.2, 0) is 4.79 Å². The molecule has 1 aliphatic carbocycles. The van der Waals surface area contributed by atoms with Gasteiger partial charge in [0.1, 0.15) is 11.8 Å². The number of hydrogen-bond donors (Lipinski definition) is 1. The molecule has 0 bridgehead atoms. The van der Waals surface area contributed by atoms with E-state index < -0.39 is 11.8 Å². The van der Waals surface area contributed by atoms with Crippen LogP contribution >= 0.6 is 11.6 Å². The molecule has 1 heterocycles. The summed E-state index contributed by atoms with van der Waals surface area (Å²) in [5.41, 5.74) is -0.588. The zero-order valence-corrected chi connectivity index (χ0v) is 16.0. The van der Waals surface area contributed by atoms with Gasteiger partial charge in [0.05, 0.1) is 18.7 Å². The van der Waals surface area contributed by atoms with Crippen molar-refractivity contribution in [3.8, 4) is 24.2 Å². The quantitative estimate of drug-likeness (QED) is 0.622. The second kappa shape index (κ2) is 8.65. The Morgan fingerprint density at radius 2 is 1.93 bits per heavy atom. The summed E-state index contributed by atoms with van der Waals surface area (Å²) in [4.78, 5) is 14.4. The van der Waals surface area contributed by atoms with Crippen LogP contribution in [-0.4, -0.2) is 35.2 Å². The number of ether oxygens (including phenoxy) is 1. The van der Waals surface area contributed by atoms with E-state index in [2.05, 4.69) is 17.3 Å². The summed E-state index contributed by atoms with van der Waals surface area (Å²) < 4.78 is 6.27. The van der Waals surface area contributed by atoms with Crippen molar-refractivity contribution < 1.29 is 9.53 Å². The van der Waals surface area contributed by atoms with Crippen molar-refractivity contribution >= 4 is 17.5 Å². The topological polar surface area (TPSA) is 65.4 Å². The Morgan fingerprint density at radius 1 is 1.26 bits per heavy atom. The molecule has 1 aromatic rings. The second-order valence-corrected chi connectivity index (χ2v) is 7.61. The standard InChI is InChI=1S/C21H24ClN3O2/c1-2-17-8-9-18(14-23)25(17)20(26)15-24-21(12-4-3-5-13-21)27-19-10-6-16(22)7-11-19/h1,6-7,10-11,17-18,24H,3-5,8-9,12-13,15H2. The first-order valence-electron chi connectivity index (χ1n) is 9.43. The molecule has 2 unspecified atom stereocenters. The largest absolute Gasteiger partial charge is 0.473 e. The number of likely N-dealkylation sites (tertiary alicyclic amines) is 1. The van der Waals surface area contributed by atoms with Gasteiger partial charge in [0.15, 0.2) is 5.72 Å². The number of terminal acetylenes is 1. The van der Waals surface area contributed by atoms with Gasteiger partial charge in [-0.2, -0.15) is 5.26 Å². The number of rotatable bonds is 5. The number of benzene rings is 1. The van der Waals surface area contributed by atoms with E-state index in [4.69, 9.17) is 22.8 Å². The van der Waals surface area contributed by atoms with Gasteiger partial charge in [-0.25, -0.2) is 0 Å². The van der Waals surface area contributed by atoms with Gasteiger partial charge < -0.3 is 9.64 Å². The molecule has 2 atom stereocenters. The lowest BCUT2D eigenvalue weighted by Crippen LogP contribution is -2.55. The first kappa shape index (κ1) is 19.5. The number of carbonyl (C=O) groups excluding carboxylic acids is 1. The second-order valence-electron chi connectivity index (χ2n) is 7.17. The van der Waals surface area contributed by atoms with E-state index >= 15 is 0 Å². The predicted molar refractivity (Wildman–Crippen MR) is 104 cm³/mol. The molecule has 27 heavy (non-hydrogen) atoms. The third-order valence-electron chi connectivity index (χ3n) is 5.36. The van der Waals surface area contributed by atoms with Crippen molar-refractivity contribution in [1.82, 2.24) is 10.2 Å². The number of amides is 1. The average molecular weight is 386 g/mol. The number of halogens is 1. The fourth-order valence-electron chi connectivity index (χ4n) is 3.94. The molecular formula is C21H24ClN3O2. The number of nitrogens with one attached hydrogen (secondary N) is 1. The van der Waals surface area contributed by atoms with Crippen molar-refractivity contribution in [3.63, 3.8) is 0 Å². The number of nitrogens with zero attached hydrogens (tertiary/aromatic N) is 2.